The normalized spacial score (nSPS) is 11.7. The van der Waals surface area contributed by atoms with E-state index < -0.39 is 28.7 Å². The van der Waals surface area contributed by atoms with Gasteiger partial charge in [-0.3, -0.25) is 4.79 Å². The number of benzene rings is 5. The monoisotopic (exact) mass is 754 g/mol. The minimum absolute atomic E-state index is 0.120. The van der Waals surface area contributed by atoms with Crippen molar-refractivity contribution in [2.24, 2.45) is 0 Å². The summed E-state index contributed by atoms with van der Waals surface area (Å²) >= 11 is 12.2. The van der Waals surface area contributed by atoms with Gasteiger partial charge >= 0.3 is 6.18 Å². The molecule has 8 aromatic rings. The van der Waals surface area contributed by atoms with Gasteiger partial charge < -0.3 is 0 Å². The standard InChI is InChI=1S/C22H16F3N3.C16H8Cl2FN5O/c23-22(24,25)20-13-7-12-19(14-20)21(28-16-26-15-27-28,17-8-3-1-4-9-17)18-10-5-2-6-11-18;17-9-1-4-14(12(18)5-9)24-15(25)11-6-10(19)2-3-13(11)22-16(24)23-8-20-7-21-23/h1-16H;1-8H. The van der Waals surface area contributed by atoms with E-state index >= 15 is 0 Å². The van der Waals surface area contributed by atoms with Crippen LogP contribution in [0.25, 0.3) is 22.5 Å². The van der Waals surface area contributed by atoms with Gasteiger partial charge in [-0.2, -0.15) is 28.1 Å². The molecule has 9 nitrogen and oxygen atoms in total. The number of halogens is 6. The summed E-state index contributed by atoms with van der Waals surface area (Å²) in [5.74, 6) is -0.362. The highest BCUT2D eigenvalue weighted by Gasteiger charge is 2.41. The molecule has 5 aromatic carbocycles. The van der Waals surface area contributed by atoms with Crippen LogP contribution in [0.1, 0.15) is 22.3 Å². The van der Waals surface area contributed by atoms with Crippen LogP contribution in [0.2, 0.25) is 10.0 Å². The summed E-state index contributed by atoms with van der Waals surface area (Å²) in [6.45, 7) is 0. The van der Waals surface area contributed by atoms with E-state index in [1.807, 2.05) is 60.7 Å². The van der Waals surface area contributed by atoms with Gasteiger partial charge in [-0.1, -0.05) is 96.0 Å². The second kappa shape index (κ2) is 14.4. The highest BCUT2D eigenvalue weighted by Crippen LogP contribution is 2.42. The molecule has 0 radical (unpaired) electrons. The van der Waals surface area contributed by atoms with Gasteiger partial charge in [0.15, 0.2) is 0 Å². The molecule has 53 heavy (non-hydrogen) atoms. The molecule has 0 amide bonds. The average Bonchev–Trinajstić information content (AvgIpc) is 3.90. The zero-order valence-electron chi connectivity index (χ0n) is 27.1. The van der Waals surface area contributed by atoms with Crippen molar-refractivity contribution < 1.29 is 17.6 Å². The molecule has 0 aliphatic carbocycles. The largest absolute Gasteiger partial charge is 0.416 e. The minimum Gasteiger partial charge on any atom is -0.268 e. The smallest absolute Gasteiger partial charge is 0.268 e. The van der Waals surface area contributed by atoms with Crippen molar-refractivity contribution >= 4 is 34.1 Å². The zero-order valence-corrected chi connectivity index (χ0v) is 28.6. The summed E-state index contributed by atoms with van der Waals surface area (Å²) < 4.78 is 58.2. The van der Waals surface area contributed by atoms with E-state index in [9.17, 15) is 22.4 Å². The fraction of sp³-hybridized carbons (Fsp3) is 0.0526. The first kappa shape index (κ1) is 35.2. The number of fused-ring (bicyclic) bond motifs is 1. The molecular weight excluding hydrogens is 731 g/mol. The van der Waals surface area contributed by atoms with Crippen molar-refractivity contribution in [3.8, 4) is 11.6 Å². The number of rotatable bonds is 6. The molecule has 15 heteroatoms. The van der Waals surface area contributed by atoms with Crippen LogP contribution in [0.3, 0.4) is 0 Å². The molecule has 0 N–H and O–H groups in total. The maximum absolute atomic E-state index is 13.6. The van der Waals surface area contributed by atoms with Gasteiger partial charge in [0.25, 0.3) is 5.56 Å². The van der Waals surface area contributed by atoms with Crippen molar-refractivity contribution in [3.63, 3.8) is 0 Å². The molecule has 0 unspecified atom stereocenters. The summed E-state index contributed by atoms with van der Waals surface area (Å²) in [6.07, 6.45) is 1.18. The van der Waals surface area contributed by atoms with Gasteiger partial charge in [0.05, 0.1) is 27.2 Å². The number of alkyl halides is 3. The number of nitrogens with zero attached hydrogens (tertiary/aromatic N) is 8. The molecular formula is C38H24Cl2F4N8O. The molecule has 0 saturated heterocycles. The lowest BCUT2D eigenvalue weighted by molar-refractivity contribution is -0.137. The third-order valence-electron chi connectivity index (χ3n) is 8.34. The number of aromatic nitrogens is 8. The van der Waals surface area contributed by atoms with E-state index in [0.29, 0.717) is 21.8 Å². The maximum Gasteiger partial charge on any atom is 0.416 e. The first-order valence-electron chi connectivity index (χ1n) is 15.7. The third kappa shape index (κ3) is 6.79. The SMILES string of the molecule is FC(F)(F)c1cccc(C(c2ccccc2)(c2ccccc2)n2cncn2)c1.O=c1c2cc(F)ccc2nc(-n2cncn2)n1-c1ccc(Cl)cc1Cl. The van der Waals surface area contributed by atoms with E-state index in [0.717, 1.165) is 23.3 Å². The predicted molar refractivity (Wildman–Crippen MR) is 192 cm³/mol. The fourth-order valence-corrected chi connectivity index (χ4v) is 6.54. The molecule has 0 aliphatic rings. The van der Waals surface area contributed by atoms with Crippen molar-refractivity contribution in [1.29, 1.82) is 0 Å². The first-order valence-corrected chi connectivity index (χ1v) is 16.5. The highest BCUT2D eigenvalue weighted by atomic mass is 35.5. The Kier molecular flexibility index (Phi) is 9.60. The van der Waals surface area contributed by atoms with E-state index in [-0.39, 0.29) is 16.4 Å². The van der Waals surface area contributed by atoms with Crippen molar-refractivity contribution in [2.75, 3.05) is 0 Å². The van der Waals surface area contributed by atoms with Crippen LogP contribution < -0.4 is 5.56 Å². The Bertz CT molecular complexity index is 2530. The minimum atomic E-state index is -4.45. The number of hydrogen-bond acceptors (Lipinski definition) is 6. The van der Waals surface area contributed by atoms with Gasteiger partial charge in [-0.25, -0.2) is 28.6 Å². The molecule has 0 spiro atoms. The van der Waals surface area contributed by atoms with E-state index in [2.05, 4.69) is 25.1 Å². The topological polar surface area (TPSA) is 96.3 Å². The Hall–Kier alpha value is -6.18. The summed E-state index contributed by atoms with van der Waals surface area (Å²) in [6, 6.07) is 32.6. The maximum atomic E-state index is 13.6. The number of hydrogen-bond donors (Lipinski definition) is 0. The second-order valence-corrected chi connectivity index (χ2v) is 12.4. The molecule has 0 fully saturated rings. The van der Waals surface area contributed by atoms with Crippen LogP contribution >= 0.6 is 23.2 Å². The molecule has 0 saturated carbocycles. The van der Waals surface area contributed by atoms with Gasteiger partial charge in [-0.15, -0.1) is 0 Å². The quantitative estimate of drug-likeness (QED) is 0.125. The van der Waals surface area contributed by atoms with Gasteiger partial charge in [-0.05, 0) is 65.2 Å². The molecule has 8 rings (SSSR count). The van der Waals surface area contributed by atoms with Crippen molar-refractivity contribution in [2.45, 2.75) is 11.7 Å². The van der Waals surface area contributed by atoms with Crippen molar-refractivity contribution in [3.05, 3.63) is 195 Å². The molecule has 3 aromatic heterocycles. The van der Waals surface area contributed by atoms with E-state index in [1.165, 1.54) is 64.9 Å². The average molecular weight is 756 g/mol. The van der Waals surface area contributed by atoms with Crippen LogP contribution in [-0.2, 0) is 11.7 Å². The molecule has 0 aliphatic heterocycles. The lowest BCUT2D eigenvalue weighted by Crippen LogP contribution is -2.38. The fourth-order valence-electron chi connectivity index (χ4n) is 6.05. The Morgan fingerprint density at radius 3 is 1.89 bits per heavy atom. The third-order valence-corrected chi connectivity index (χ3v) is 8.88. The van der Waals surface area contributed by atoms with E-state index in [1.54, 1.807) is 22.9 Å². The molecule has 3 heterocycles. The molecule has 0 bridgehead atoms. The lowest BCUT2D eigenvalue weighted by Gasteiger charge is -2.36. The Morgan fingerprint density at radius 2 is 1.28 bits per heavy atom. The van der Waals surface area contributed by atoms with Gasteiger partial charge in [0, 0.05) is 5.02 Å². The van der Waals surface area contributed by atoms with Crippen LogP contribution in [0.15, 0.2) is 151 Å². The van der Waals surface area contributed by atoms with Gasteiger partial charge in [0.2, 0.25) is 5.95 Å². The van der Waals surface area contributed by atoms with Crippen molar-refractivity contribution in [1.82, 2.24) is 39.1 Å². The van der Waals surface area contributed by atoms with Crippen LogP contribution in [-0.4, -0.2) is 39.1 Å². The highest BCUT2D eigenvalue weighted by molar-refractivity contribution is 6.35. The summed E-state index contributed by atoms with van der Waals surface area (Å²) in [5.41, 5.74) is 0.404. The summed E-state index contributed by atoms with van der Waals surface area (Å²) in [5, 5.41) is 9.14. The molecule has 264 valence electrons. The Balaban J connectivity index is 0.000000165. The summed E-state index contributed by atoms with van der Waals surface area (Å²) in [7, 11) is 0. The van der Waals surface area contributed by atoms with E-state index in [4.69, 9.17) is 23.2 Å². The predicted octanol–water partition coefficient (Wildman–Crippen LogP) is 8.55. The zero-order chi connectivity index (χ0) is 37.2. The Labute approximate surface area is 308 Å². The lowest BCUT2D eigenvalue weighted by atomic mass is 9.76. The molecule has 0 atom stereocenters. The first-order chi connectivity index (χ1) is 25.6. The van der Waals surface area contributed by atoms with Gasteiger partial charge in [0.1, 0.15) is 36.7 Å². The van der Waals surface area contributed by atoms with Crippen LogP contribution in [0.4, 0.5) is 17.6 Å². The summed E-state index contributed by atoms with van der Waals surface area (Å²) in [4.78, 5) is 25.4. The Morgan fingerprint density at radius 1 is 0.642 bits per heavy atom. The van der Waals surface area contributed by atoms with Crippen LogP contribution in [0, 0.1) is 5.82 Å². The second-order valence-electron chi connectivity index (χ2n) is 11.5. The van der Waals surface area contributed by atoms with Crippen LogP contribution in [0.5, 0.6) is 0 Å².